The first-order chi connectivity index (χ1) is 18.9. The van der Waals surface area contributed by atoms with Crippen LogP contribution < -0.4 is 0 Å². The minimum atomic E-state index is 0. The molecule has 0 atom stereocenters. The van der Waals surface area contributed by atoms with E-state index in [2.05, 4.69) is 0 Å². The van der Waals surface area contributed by atoms with Crippen molar-refractivity contribution in [1.82, 2.24) is 0 Å². The zero-order valence-corrected chi connectivity index (χ0v) is 28.7. The van der Waals surface area contributed by atoms with Gasteiger partial charge in [-0.1, -0.05) is 131 Å². The summed E-state index contributed by atoms with van der Waals surface area (Å²) >= 11 is 0. The molecule has 0 unspecified atom stereocenters. The summed E-state index contributed by atoms with van der Waals surface area (Å²) in [5.41, 5.74) is 7.14. The molecule has 0 radical (unpaired) electrons. The van der Waals surface area contributed by atoms with Crippen molar-refractivity contribution < 1.29 is 16.5 Å². The van der Waals surface area contributed by atoms with Gasteiger partial charge >= 0.3 is 0 Å². The third-order valence-electron chi connectivity index (χ3n) is 12.0. The molecule has 6 aliphatic rings. The minimum Gasteiger partial charge on any atom is -0.0971 e. The fraction of sp³-hybridized carbons (Fsp3) is 1.00. The van der Waals surface area contributed by atoms with Crippen molar-refractivity contribution in [3.05, 3.63) is 0 Å². The Hall–Kier alpha value is 1.35. The van der Waals surface area contributed by atoms with Crippen LogP contribution in [-0.2, 0) is 16.5 Å². The van der Waals surface area contributed by atoms with Gasteiger partial charge in [-0.3, -0.25) is 0 Å². The Kier molecular flexibility index (Phi) is 16.1. The van der Waals surface area contributed by atoms with Crippen LogP contribution in [0.25, 0.3) is 0 Å². The second-order valence-corrected chi connectivity index (χ2v) is 20.8. The fourth-order valence-electron chi connectivity index (χ4n) is 10.1. The number of hydrogen-bond acceptors (Lipinski definition) is 0. The molecular weight excluding hydrogens is 553 g/mol. The third kappa shape index (κ3) is 10.2. The van der Waals surface area contributed by atoms with Crippen molar-refractivity contribution >= 4 is 15.8 Å². The van der Waals surface area contributed by atoms with Crippen LogP contribution >= 0.6 is 15.8 Å². The van der Waals surface area contributed by atoms with Crippen LogP contribution in [0.4, 0.5) is 0 Å². The van der Waals surface area contributed by atoms with Crippen LogP contribution in [0.2, 0.25) is 0 Å². The van der Waals surface area contributed by atoms with E-state index < -0.39 is 0 Å². The molecule has 3 heteroatoms. The maximum absolute atomic E-state index is 1.61. The van der Waals surface area contributed by atoms with Gasteiger partial charge in [-0.15, -0.1) is 0 Å². The monoisotopic (exact) mass is 618 g/mol. The first-order valence-corrected chi connectivity index (χ1v) is 21.5. The topological polar surface area (TPSA) is 0 Å². The van der Waals surface area contributed by atoms with E-state index >= 15 is 0 Å². The molecule has 230 valence electrons. The Labute approximate surface area is 258 Å². The Morgan fingerprint density at radius 2 is 0.333 bits per heavy atom. The summed E-state index contributed by atoms with van der Waals surface area (Å²) in [6, 6.07) is 0. The van der Waals surface area contributed by atoms with E-state index in [1.807, 2.05) is 0 Å². The van der Waals surface area contributed by atoms with E-state index in [4.69, 9.17) is 0 Å². The van der Waals surface area contributed by atoms with Crippen molar-refractivity contribution in [2.45, 2.75) is 227 Å². The summed E-state index contributed by atoms with van der Waals surface area (Å²) in [7, 11) is 0.770. The van der Waals surface area contributed by atoms with Crippen molar-refractivity contribution in [3.8, 4) is 0 Å². The number of rotatable bonds is 6. The first kappa shape index (κ1) is 33.3. The van der Waals surface area contributed by atoms with E-state index in [9.17, 15) is 0 Å². The average molecular weight is 620 g/mol. The molecule has 6 rings (SSSR count). The summed E-state index contributed by atoms with van der Waals surface area (Å²) in [5.74, 6) is 0. The summed E-state index contributed by atoms with van der Waals surface area (Å²) < 4.78 is 0. The van der Waals surface area contributed by atoms with Gasteiger partial charge in [0.1, 0.15) is 0 Å². The molecule has 0 amide bonds. The molecule has 0 bridgehead atoms. The van der Waals surface area contributed by atoms with Crippen LogP contribution in [0, 0.1) is 0 Å². The quantitative estimate of drug-likeness (QED) is 0.205. The van der Waals surface area contributed by atoms with Gasteiger partial charge in [-0.05, 0) is 111 Å². The second-order valence-electron chi connectivity index (χ2n) is 14.6. The van der Waals surface area contributed by atoms with Gasteiger partial charge in [0.2, 0.25) is 0 Å². The Morgan fingerprint density at radius 3 is 0.462 bits per heavy atom. The molecule has 0 aliphatic heterocycles. The normalized spacial score (nSPS) is 28.2. The molecule has 0 aromatic rings. The maximum Gasteiger partial charge on any atom is 0 e. The number of hydrogen-bond donors (Lipinski definition) is 0. The van der Waals surface area contributed by atoms with E-state index in [0.717, 1.165) is 0 Å². The van der Waals surface area contributed by atoms with Crippen molar-refractivity contribution in [3.63, 3.8) is 0 Å². The zero-order valence-electron chi connectivity index (χ0n) is 25.9. The Bertz CT molecular complexity index is 464. The van der Waals surface area contributed by atoms with Crippen molar-refractivity contribution in [2.75, 3.05) is 0 Å². The van der Waals surface area contributed by atoms with Crippen LogP contribution in [0.3, 0.4) is 0 Å². The van der Waals surface area contributed by atoms with Crippen LogP contribution in [-0.4, -0.2) is 34.0 Å². The van der Waals surface area contributed by atoms with Gasteiger partial charge in [-0.2, -0.15) is 0 Å². The predicted molar refractivity (Wildman–Crippen MR) is 175 cm³/mol. The summed E-state index contributed by atoms with van der Waals surface area (Å²) in [5, 5.41) is 0. The van der Waals surface area contributed by atoms with Gasteiger partial charge in [0, 0.05) is 16.5 Å². The molecule has 6 aliphatic carbocycles. The second kappa shape index (κ2) is 18.9. The SMILES string of the molecule is C1CCC(P(C2CCCCC2)C2CCCCC2)CC1.C1CCC(P(C2CCCCC2)C2CCCCC2)CC1.[Ni]. The van der Waals surface area contributed by atoms with Crippen LogP contribution in [0.15, 0.2) is 0 Å². The fourth-order valence-corrected chi connectivity index (χ4v) is 19.4. The van der Waals surface area contributed by atoms with Gasteiger partial charge in [0.15, 0.2) is 0 Å². The van der Waals surface area contributed by atoms with Crippen molar-refractivity contribution in [2.24, 2.45) is 0 Å². The van der Waals surface area contributed by atoms with E-state index in [1.54, 1.807) is 154 Å². The average Bonchev–Trinajstić information content (AvgIpc) is 3.01. The van der Waals surface area contributed by atoms with Crippen LogP contribution in [0.5, 0.6) is 0 Å². The van der Waals surface area contributed by atoms with Gasteiger partial charge in [0.25, 0.3) is 0 Å². The molecule has 0 saturated heterocycles. The van der Waals surface area contributed by atoms with Gasteiger partial charge in [0.05, 0.1) is 0 Å². The molecule has 0 spiro atoms. The zero-order chi connectivity index (χ0) is 25.8. The standard InChI is InChI=1S/2C18H33P.Ni/c2*1-4-10-16(11-5-1)19(17-12-6-2-7-13-17)18-14-8-3-9-15-18;/h2*16-18H,1-15H2;. The van der Waals surface area contributed by atoms with Crippen molar-refractivity contribution in [1.29, 1.82) is 0 Å². The third-order valence-corrected chi connectivity index (χ3v) is 20.1. The summed E-state index contributed by atoms with van der Waals surface area (Å²) in [6.45, 7) is 0. The summed E-state index contributed by atoms with van der Waals surface area (Å²) in [4.78, 5) is 0. The molecule has 0 aromatic carbocycles. The molecule has 0 nitrogen and oxygen atoms in total. The molecule has 6 fully saturated rings. The van der Waals surface area contributed by atoms with Gasteiger partial charge < -0.3 is 0 Å². The molecule has 0 aromatic heterocycles. The molecular formula is C36H66NiP2. The van der Waals surface area contributed by atoms with Gasteiger partial charge in [-0.25, -0.2) is 0 Å². The minimum absolute atomic E-state index is 0. The van der Waals surface area contributed by atoms with E-state index in [0.29, 0.717) is 15.8 Å². The Balaban J connectivity index is 0.000000176. The largest absolute Gasteiger partial charge is 0.0971 e. The molecule has 6 saturated carbocycles. The molecule has 0 heterocycles. The van der Waals surface area contributed by atoms with Crippen LogP contribution in [0.1, 0.15) is 193 Å². The maximum atomic E-state index is 1.61. The summed E-state index contributed by atoms with van der Waals surface area (Å²) in [6.07, 6.45) is 47.2. The molecule has 0 N–H and O–H groups in total. The first-order valence-electron chi connectivity index (χ1n) is 18.4. The smallest absolute Gasteiger partial charge is 0 e. The van der Waals surface area contributed by atoms with E-state index in [1.165, 1.54) is 72.5 Å². The van der Waals surface area contributed by atoms with E-state index in [-0.39, 0.29) is 16.5 Å². The molecule has 39 heavy (non-hydrogen) atoms. The Morgan fingerprint density at radius 1 is 0.205 bits per heavy atom. The predicted octanol–water partition coefficient (Wildman–Crippen LogP) is 12.9.